The fourth-order valence-electron chi connectivity index (χ4n) is 1.74. The molecule has 0 unspecified atom stereocenters. The number of halogens is 4. The molecule has 0 aliphatic carbocycles. The number of nitrogens with one attached hydrogen (secondary N) is 1. The van der Waals surface area contributed by atoms with Crippen LogP contribution in [0.3, 0.4) is 0 Å². The molecule has 112 valence electrons. The largest absolute Gasteiger partial charge is 0.417 e. The summed E-state index contributed by atoms with van der Waals surface area (Å²) in [6, 6.07) is 3.56. The summed E-state index contributed by atoms with van der Waals surface area (Å²) in [5, 5.41) is 2.92. The molecule has 0 saturated heterocycles. The lowest BCUT2D eigenvalue weighted by Crippen LogP contribution is -2.31. The van der Waals surface area contributed by atoms with Crippen molar-refractivity contribution < 1.29 is 18.0 Å². The lowest BCUT2D eigenvalue weighted by molar-refractivity contribution is -0.138. The van der Waals surface area contributed by atoms with Crippen LogP contribution < -0.4 is 5.32 Å². The van der Waals surface area contributed by atoms with Crippen molar-refractivity contribution in [2.75, 3.05) is 27.2 Å². The Balaban J connectivity index is 2.98. The van der Waals surface area contributed by atoms with Gasteiger partial charge in [0.1, 0.15) is 0 Å². The first kappa shape index (κ1) is 17.0. The van der Waals surface area contributed by atoms with E-state index in [4.69, 9.17) is 0 Å². The summed E-state index contributed by atoms with van der Waals surface area (Å²) in [4.78, 5) is 13.4. The molecule has 20 heavy (non-hydrogen) atoms. The Morgan fingerprint density at radius 3 is 2.60 bits per heavy atom. The average molecular weight is 353 g/mol. The predicted molar refractivity (Wildman–Crippen MR) is 74.6 cm³/mol. The maximum Gasteiger partial charge on any atom is 0.417 e. The van der Waals surface area contributed by atoms with Gasteiger partial charge in [-0.15, -0.1) is 0 Å². The molecule has 1 aromatic rings. The minimum atomic E-state index is -4.55. The second kappa shape index (κ2) is 7.08. The van der Waals surface area contributed by atoms with Crippen molar-refractivity contribution in [3.05, 3.63) is 33.8 Å². The first-order valence-corrected chi connectivity index (χ1v) is 6.83. The van der Waals surface area contributed by atoms with Crippen LogP contribution in [0.4, 0.5) is 13.2 Å². The Bertz CT molecular complexity index is 477. The number of nitrogens with zero attached hydrogens (tertiary/aromatic N) is 1. The number of hydrogen-bond donors (Lipinski definition) is 1. The zero-order valence-corrected chi connectivity index (χ0v) is 12.8. The molecule has 0 bridgehead atoms. The summed E-state index contributed by atoms with van der Waals surface area (Å²) in [6.45, 7) is 1.09. The van der Waals surface area contributed by atoms with Crippen molar-refractivity contribution in [1.29, 1.82) is 0 Å². The van der Waals surface area contributed by atoms with E-state index in [1.54, 1.807) is 7.05 Å². The highest BCUT2D eigenvalue weighted by atomic mass is 79.9. The lowest BCUT2D eigenvalue weighted by Gasteiger charge is -2.20. The third kappa shape index (κ3) is 4.49. The van der Waals surface area contributed by atoms with E-state index in [1.807, 2.05) is 0 Å². The van der Waals surface area contributed by atoms with Gasteiger partial charge in [0.2, 0.25) is 0 Å². The van der Waals surface area contributed by atoms with Crippen LogP contribution in [0.1, 0.15) is 22.3 Å². The summed E-state index contributed by atoms with van der Waals surface area (Å²) in [5.74, 6) is -0.624. The van der Waals surface area contributed by atoms with Gasteiger partial charge in [0.25, 0.3) is 5.91 Å². The Morgan fingerprint density at radius 2 is 2.05 bits per heavy atom. The molecular formula is C13H16BrF3N2O. The van der Waals surface area contributed by atoms with Gasteiger partial charge in [0.05, 0.1) is 11.1 Å². The van der Waals surface area contributed by atoms with Crippen molar-refractivity contribution in [3.63, 3.8) is 0 Å². The summed E-state index contributed by atoms with van der Waals surface area (Å²) in [7, 11) is 3.28. The first-order chi connectivity index (χ1) is 9.27. The van der Waals surface area contributed by atoms with Crippen LogP contribution in [0.15, 0.2) is 22.7 Å². The molecule has 0 spiro atoms. The fourth-order valence-corrected chi connectivity index (χ4v) is 2.10. The fraction of sp³-hybridized carbons (Fsp3) is 0.462. The molecule has 0 atom stereocenters. The smallest absolute Gasteiger partial charge is 0.342 e. The Hall–Kier alpha value is -1.08. The molecule has 7 heteroatoms. The third-order valence-electron chi connectivity index (χ3n) is 2.78. The molecule has 3 nitrogen and oxygen atoms in total. The van der Waals surface area contributed by atoms with Crippen LogP contribution in [-0.2, 0) is 6.18 Å². The molecule has 0 heterocycles. The summed E-state index contributed by atoms with van der Waals surface area (Å²) >= 11 is 2.99. The topological polar surface area (TPSA) is 32.3 Å². The number of alkyl halides is 3. The molecule has 1 rings (SSSR count). The van der Waals surface area contributed by atoms with Crippen LogP contribution >= 0.6 is 15.9 Å². The summed E-state index contributed by atoms with van der Waals surface area (Å²) < 4.78 is 39.2. The van der Waals surface area contributed by atoms with E-state index in [1.165, 1.54) is 24.1 Å². The molecule has 0 aliphatic heterocycles. The number of carbonyl (C=O) groups excluding carboxylic acids is 1. The van der Waals surface area contributed by atoms with Crippen LogP contribution in [0.25, 0.3) is 0 Å². The molecule has 0 radical (unpaired) electrons. The maximum absolute atomic E-state index is 13.0. The summed E-state index contributed by atoms with van der Waals surface area (Å²) in [5.41, 5.74) is -1.25. The second-order valence-electron chi connectivity index (χ2n) is 4.37. The molecule has 1 amide bonds. The lowest BCUT2D eigenvalue weighted by atomic mass is 10.1. The zero-order valence-electron chi connectivity index (χ0n) is 11.2. The van der Waals surface area contributed by atoms with Crippen LogP contribution in [-0.4, -0.2) is 38.0 Å². The van der Waals surface area contributed by atoms with Gasteiger partial charge in [0.15, 0.2) is 0 Å². The van der Waals surface area contributed by atoms with Gasteiger partial charge in [-0.2, -0.15) is 13.2 Å². The average Bonchev–Trinajstić information content (AvgIpc) is 2.37. The van der Waals surface area contributed by atoms with Gasteiger partial charge in [0, 0.05) is 18.1 Å². The molecule has 0 aliphatic rings. The highest BCUT2D eigenvalue weighted by Gasteiger charge is 2.36. The van der Waals surface area contributed by atoms with E-state index >= 15 is 0 Å². The second-order valence-corrected chi connectivity index (χ2v) is 5.29. The number of rotatable bonds is 5. The minimum absolute atomic E-state index is 0.291. The maximum atomic E-state index is 13.0. The van der Waals surface area contributed by atoms with Crippen molar-refractivity contribution in [2.45, 2.75) is 12.6 Å². The van der Waals surface area contributed by atoms with Gasteiger partial charge < -0.3 is 10.2 Å². The van der Waals surface area contributed by atoms with Gasteiger partial charge in [-0.05, 0) is 38.2 Å². The van der Waals surface area contributed by atoms with Crippen molar-refractivity contribution in [1.82, 2.24) is 10.2 Å². The minimum Gasteiger partial charge on any atom is -0.342 e. The van der Waals surface area contributed by atoms with E-state index in [-0.39, 0.29) is 5.56 Å². The van der Waals surface area contributed by atoms with Crippen molar-refractivity contribution in [2.24, 2.45) is 0 Å². The van der Waals surface area contributed by atoms with E-state index in [2.05, 4.69) is 21.2 Å². The molecular weight excluding hydrogens is 337 g/mol. The standard InChI is InChI=1S/C13H16BrF3N2O/c1-18-6-3-7-19(2)12(20)10-5-4-9(14)8-11(10)13(15,16)17/h4-5,8,18H,3,6-7H2,1-2H3. The number of amides is 1. The van der Waals surface area contributed by atoms with Crippen molar-refractivity contribution in [3.8, 4) is 0 Å². The number of hydrogen-bond acceptors (Lipinski definition) is 2. The van der Waals surface area contributed by atoms with Gasteiger partial charge in [-0.25, -0.2) is 0 Å². The van der Waals surface area contributed by atoms with Crippen molar-refractivity contribution >= 4 is 21.8 Å². The van der Waals surface area contributed by atoms with Crippen LogP contribution in [0.2, 0.25) is 0 Å². The SMILES string of the molecule is CNCCCN(C)C(=O)c1ccc(Br)cc1C(F)(F)F. The van der Waals surface area contributed by atoms with Gasteiger partial charge in [-0.3, -0.25) is 4.79 Å². The Morgan fingerprint density at radius 1 is 1.40 bits per heavy atom. The quantitative estimate of drug-likeness (QED) is 0.825. The highest BCUT2D eigenvalue weighted by Crippen LogP contribution is 2.34. The van der Waals surface area contributed by atoms with E-state index in [9.17, 15) is 18.0 Å². The normalized spacial score (nSPS) is 11.5. The molecule has 1 N–H and O–H groups in total. The van der Waals surface area contributed by atoms with E-state index in [0.717, 1.165) is 6.07 Å². The zero-order chi connectivity index (χ0) is 15.3. The first-order valence-electron chi connectivity index (χ1n) is 6.04. The van der Waals surface area contributed by atoms with Gasteiger partial charge >= 0.3 is 6.18 Å². The highest BCUT2D eigenvalue weighted by molar-refractivity contribution is 9.10. The molecule has 0 fully saturated rings. The van der Waals surface area contributed by atoms with Crippen LogP contribution in [0.5, 0.6) is 0 Å². The monoisotopic (exact) mass is 352 g/mol. The Kier molecular flexibility index (Phi) is 6.01. The number of benzene rings is 1. The Labute approximate surface area is 124 Å². The van der Waals surface area contributed by atoms with E-state index in [0.29, 0.717) is 24.0 Å². The number of carbonyl (C=O) groups is 1. The summed E-state index contributed by atoms with van der Waals surface area (Å²) in [6.07, 6.45) is -3.88. The van der Waals surface area contributed by atoms with Crippen LogP contribution in [0, 0.1) is 0 Å². The van der Waals surface area contributed by atoms with Gasteiger partial charge in [-0.1, -0.05) is 15.9 Å². The van der Waals surface area contributed by atoms with E-state index < -0.39 is 17.6 Å². The predicted octanol–water partition coefficient (Wildman–Crippen LogP) is 3.15. The molecule has 0 aromatic heterocycles. The molecule has 0 saturated carbocycles. The molecule has 1 aromatic carbocycles. The third-order valence-corrected chi connectivity index (χ3v) is 3.28.